The van der Waals surface area contributed by atoms with Crippen LogP contribution in [0.25, 0.3) is 0 Å². The molecule has 208 valence electrons. The molecule has 0 saturated heterocycles. The Labute approximate surface area is 233 Å². The van der Waals surface area contributed by atoms with Crippen LogP contribution in [0.1, 0.15) is 58.4 Å². The lowest BCUT2D eigenvalue weighted by atomic mass is 9.87. The van der Waals surface area contributed by atoms with Crippen LogP contribution in [-0.4, -0.2) is 27.8 Å². The molecule has 1 N–H and O–H groups in total. The zero-order valence-electron chi connectivity index (χ0n) is 21.9. The fourth-order valence-corrected chi connectivity index (χ4v) is 5.11. The number of benzene rings is 3. The zero-order valence-corrected chi connectivity index (χ0v) is 21.9. The van der Waals surface area contributed by atoms with Crippen molar-refractivity contribution in [2.45, 2.75) is 38.5 Å². The molecule has 1 aliphatic heterocycles. The molecule has 2 amide bonds. The topological polar surface area (TPSA) is 102 Å². The molecule has 0 radical (unpaired) electrons. The summed E-state index contributed by atoms with van der Waals surface area (Å²) in [6.45, 7) is 1.42. The number of alkyl halides is 3. The highest BCUT2D eigenvalue weighted by atomic mass is 19.4. The van der Waals surface area contributed by atoms with Gasteiger partial charge in [-0.05, 0) is 73.4 Å². The number of amides is 2. The molecule has 1 atom stereocenters. The van der Waals surface area contributed by atoms with Gasteiger partial charge in [-0.1, -0.05) is 30.3 Å². The summed E-state index contributed by atoms with van der Waals surface area (Å²) >= 11 is 0. The van der Waals surface area contributed by atoms with Crippen molar-refractivity contribution < 1.29 is 32.7 Å². The Hall–Kier alpha value is -4.91. The monoisotopic (exact) mass is 559 g/mol. The summed E-state index contributed by atoms with van der Waals surface area (Å²) in [5.74, 6) is -1.63. The average Bonchev–Trinajstić information content (AvgIpc) is 3.80. The molecule has 10 heteroatoms. The fraction of sp³-hybridized carbons (Fsp3) is 0.226. The van der Waals surface area contributed by atoms with Gasteiger partial charge in [-0.15, -0.1) is 0 Å². The number of aromatic carboxylic acids is 1. The molecule has 1 unspecified atom stereocenters. The van der Waals surface area contributed by atoms with Gasteiger partial charge in [0.05, 0.1) is 34.5 Å². The van der Waals surface area contributed by atoms with E-state index in [2.05, 4.69) is 0 Å². The van der Waals surface area contributed by atoms with E-state index in [0.717, 1.165) is 17.0 Å². The molecular weight excluding hydrogens is 535 g/mol. The summed E-state index contributed by atoms with van der Waals surface area (Å²) in [7, 11) is 0. The van der Waals surface area contributed by atoms with Gasteiger partial charge in [-0.2, -0.15) is 18.4 Å². The average molecular weight is 560 g/mol. The highest BCUT2D eigenvalue weighted by Crippen LogP contribution is 2.45. The lowest BCUT2D eigenvalue weighted by Crippen LogP contribution is -2.50. The second-order valence-corrected chi connectivity index (χ2v) is 10.1. The Balaban J connectivity index is 1.71. The fourth-order valence-electron chi connectivity index (χ4n) is 5.11. The third kappa shape index (κ3) is 5.43. The Morgan fingerprint density at radius 1 is 1.02 bits per heavy atom. The lowest BCUT2D eigenvalue weighted by Gasteiger charge is -2.43. The Kier molecular flexibility index (Phi) is 7.13. The van der Waals surface area contributed by atoms with E-state index < -0.39 is 29.8 Å². The second-order valence-electron chi connectivity index (χ2n) is 10.1. The first-order chi connectivity index (χ1) is 19.5. The maximum absolute atomic E-state index is 14.2. The zero-order chi connectivity index (χ0) is 29.5. The van der Waals surface area contributed by atoms with Crippen molar-refractivity contribution in [3.05, 3.63) is 112 Å². The number of nitrogens with zero attached hydrogens (tertiary/aromatic N) is 3. The third-order valence-corrected chi connectivity index (χ3v) is 7.27. The molecule has 3 aromatic carbocycles. The summed E-state index contributed by atoms with van der Waals surface area (Å²) in [5.41, 5.74) is 0.860. The number of carboxylic acid groups (broad SMARTS) is 1. The van der Waals surface area contributed by atoms with Crippen LogP contribution in [-0.2, 0) is 17.5 Å². The molecule has 2 aliphatic rings. The highest BCUT2D eigenvalue weighted by molar-refractivity contribution is 6.07. The number of Topliss-reactive ketones (excluding diaryl/α,β-unsaturated/α-hetero) is 1. The van der Waals surface area contributed by atoms with Gasteiger partial charge in [0, 0.05) is 23.7 Å². The maximum Gasteiger partial charge on any atom is 0.416 e. The molecule has 0 bridgehead atoms. The number of urea groups is 1. The Morgan fingerprint density at radius 2 is 1.71 bits per heavy atom. The summed E-state index contributed by atoms with van der Waals surface area (Å²) in [6, 6.07) is 17.2. The van der Waals surface area contributed by atoms with Gasteiger partial charge in [0.2, 0.25) is 0 Å². The molecule has 1 aliphatic carbocycles. The Bertz CT molecular complexity index is 1620. The highest BCUT2D eigenvalue weighted by Gasteiger charge is 2.46. The molecule has 7 nitrogen and oxygen atoms in total. The van der Waals surface area contributed by atoms with Crippen molar-refractivity contribution in [2.24, 2.45) is 5.92 Å². The number of ketones is 1. The molecule has 3 aromatic rings. The second kappa shape index (κ2) is 10.6. The van der Waals surface area contributed by atoms with Crippen molar-refractivity contribution in [3.63, 3.8) is 0 Å². The molecule has 0 aromatic heterocycles. The summed E-state index contributed by atoms with van der Waals surface area (Å²) in [4.78, 5) is 42.1. The first-order valence-electron chi connectivity index (χ1n) is 12.8. The maximum atomic E-state index is 14.2. The summed E-state index contributed by atoms with van der Waals surface area (Å²) < 4.78 is 40.8. The number of nitriles is 1. The molecule has 41 heavy (non-hydrogen) atoms. The summed E-state index contributed by atoms with van der Waals surface area (Å²) in [5, 5.41) is 18.8. The standard InChI is InChI=1S/C31H24F3N3O4/c1-18-26(28(38)22-12-13-22)27(21-10-8-19(16-35)9-11-21)36(17-20-4-2-5-23(14-20)29(39)40)30(41)37(18)25-7-3-6-24(15-25)31(32,33)34/h2-11,14-15,22,27H,12-13,17H2,1H3,(H,39,40). The minimum Gasteiger partial charge on any atom is -0.478 e. The van der Waals surface area contributed by atoms with E-state index in [1.54, 1.807) is 37.3 Å². The van der Waals surface area contributed by atoms with E-state index in [0.29, 0.717) is 29.5 Å². The first-order valence-corrected chi connectivity index (χ1v) is 12.8. The van der Waals surface area contributed by atoms with Gasteiger partial charge in [0.15, 0.2) is 5.78 Å². The molecule has 5 rings (SSSR count). The predicted octanol–water partition coefficient (Wildman–Crippen LogP) is 6.71. The third-order valence-electron chi connectivity index (χ3n) is 7.27. The number of allylic oxidation sites excluding steroid dienone is 1. The van der Waals surface area contributed by atoms with Crippen LogP contribution in [0.4, 0.5) is 23.7 Å². The minimum atomic E-state index is -4.65. The largest absolute Gasteiger partial charge is 0.478 e. The molecule has 1 fully saturated rings. The number of hydrogen-bond acceptors (Lipinski definition) is 4. The number of rotatable bonds is 7. The quantitative estimate of drug-likeness (QED) is 0.347. The van der Waals surface area contributed by atoms with Crippen LogP contribution in [0.15, 0.2) is 84.1 Å². The molecule has 0 spiro atoms. The smallest absolute Gasteiger partial charge is 0.416 e. The van der Waals surface area contributed by atoms with Gasteiger partial charge >= 0.3 is 18.2 Å². The van der Waals surface area contributed by atoms with Crippen molar-refractivity contribution >= 4 is 23.5 Å². The van der Waals surface area contributed by atoms with Gasteiger partial charge in [-0.3, -0.25) is 9.69 Å². The predicted molar refractivity (Wildman–Crippen MR) is 143 cm³/mol. The number of halogens is 3. The molecule has 1 saturated carbocycles. The SMILES string of the molecule is CC1=C(C(=O)C2CC2)C(c2ccc(C#N)cc2)N(Cc2cccc(C(=O)O)c2)C(=O)N1c1cccc(C(F)(F)F)c1. The van der Waals surface area contributed by atoms with E-state index >= 15 is 0 Å². The van der Waals surface area contributed by atoms with E-state index in [1.165, 1.54) is 35.2 Å². The van der Waals surface area contributed by atoms with Crippen LogP contribution < -0.4 is 4.90 Å². The Morgan fingerprint density at radius 3 is 2.32 bits per heavy atom. The van der Waals surface area contributed by atoms with E-state index in [4.69, 9.17) is 0 Å². The first kappa shape index (κ1) is 27.6. The van der Waals surface area contributed by atoms with Crippen molar-refractivity contribution in [3.8, 4) is 6.07 Å². The van der Waals surface area contributed by atoms with Crippen molar-refractivity contribution in [2.75, 3.05) is 4.90 Å². The van der Waals surface area contributed by atoms with E-state index in [-0.39, 0.29) is 40.8 Å². The molecular formula is C31H24F3N3O4. The van der Waals surface area contributed by atoms with Crippen LogP contribution in [0.5, 0.6) is 0 Å². The van der Waals surface area contributed by atoms with Gasteiger partial charge < -0.3 is 10.0 Å². The number of carbonyl (C=O) groups excluding carboxylic acids is 2. The number of carboxylic acids is 1. The minimum absolute atomic E-state index is 0.00220. The van der Waals surface area contributed by atoms with Gasteiger partial charge in [-0.25, -0.2) is 9.59 Å². The van der Waals surface area contributed by atoms with Crippen LogP contribution >= 0.6 is 0 Å². The van der Waals surface area contributed by atoms with Crippen LogP contribution in [0, 0.1) is 17.2 Å². The van der Waals surface area contributed by atoms with Gasteiger partial charge in [0.25, 0.3) is 0 Å². The van der Waals surface area contributed by atoms with Crippen LogP contribution in [0.2, 0.25) is 0 Å². The molecule has 1 heterocycles. The van der Waals surface area contributed by atoms with Gasteiger partial charge in [0.1, 0.15) is 0 Å². The van der Waals surface area contributed by atoms with Crippen LogP contribution in [0.3, 0.4) is 0 Å². The number of hydrogen-bond donors (Lipinski definition) is 1. The lowest BCUT2D eigenvalue weighted by molar-refractivity contribution is -0.137. The van der Waals surface area contributed by atoms with E-state index in [9.17, 15) is 37.9 Å². The van der Waals surface area contributed by atoms with E-state index in [1.807, 2.05) is 6.07 Å². The number of anilines is 1. The number of carbonyl (C=O) groups is 3. The van der Waals surface area contributed by atoms with Crippen molar-refractivity contribution in [1.82, 2.24) is 4.90 Å². The summed E-state index contributed by atoms with van der Waals surface area (Å²) in [6.07, 6.45) is -3.33. The van der Waals surface area contributed by atoms with Crippen molar-refractivity contribution in [1.29, 1.82) is 5.26 Å². The normalized spacial score (nSPS) is 17.4.